The minimum absolute atomic E-state index is 0.0226. The zero-order chi connectivity index (χ0) is 16.3. The topological polar surface area (TPSA) is 83.9 Å². The predicted octanol–water partition coefficient (Wildman–Crippen LogP) is 2.03. The van der Waals surface area contributed by atoms with Gasteiger partial charge in [-0.2, -0.15) is 0 Å². The van der Waals surface area contributed by atoms with Crippen molar-refractivity contribution in [3.8, 4) is 5.75 Å². The van der Waals surface area contributed by atoms with Crippen molar-refractivity contribution in [3.05, 3.63) is 23.8 Å². The highest BCUT2D eigenvalue weighted by atomic mass is 32.2. The van der Waals surface area contributed by atoms with Crippen LogP contribution in [0.25, 0.3) is 0 Å². The molecular formula is C15H17NO5S. The molecule has 1 amide bonds. The van der Waals surface area contributed by atoms with Crippen LogP contribution >= 0.6 is 11.8 Å². The van der Waals surface area contributed by atoms with Crippen LogP contribution in [-0.2, 0) is 9.59 Å². The minimum atomic E-state index is -1.10. The van der Waals surface area contributed by atoms with Crippen LogP contribution in [0.3, 0.4) is 0 Å². The summed E-state index contributed by atoms with van der Waals surface area (Å²) in [4.78, 5) is 35.9. The van der Waals surface area contributed by atoms with Crippen LogP contribution in [0.15, 0.2) is 18.2 Å². The highest BCUT2D eigenvalue weighted by molar-refractivity contribution is 8.13. The summed E-state index contributed by atoms with van der Waals surface area (Å²) < 4.78 is 5.01. The van der Waals surface area contributed by atoms with Crippen LogP contribution < -0.4 is 9.64 Å². The Morgan fingerprint density at radius 2 is 2.18 bits per heavy atom. The normalized spacial score (nSPS) is 17.6. The van der Waals surface area contributed by atoms with E-state index >= 15 is 0 Å². The predicted molar refractivity (Wildman–Crippen MR) is 83.6 cm³/mol. The van der Waals surface area contributed by atoms with E-state index in [1.807, 2.05) is 0 Å². The van der Waals surface area contributed by atoms with E-state index in [-0.39, 0.29) is 28.3 Å². The number of methoxy groups -OCH3 is 1. The number of amides is 1. The van der Waals surface area contributed by atoms with Gasteiger partial charge in [0.25, 0.3) is 0 Å². The fraction of sp³-hybridized carbons (Fsp3) is 0.400. The molecule has 1 aromatic rings. The van der Waals surface area contributed by atoms with Gasteiger partial charge in [-0.15, -0.1) is 0 Å². The molecule has 1 unspecified atom stereocenters. The highest BCUT2D eigenvalue weighted by Crippen LogP contribution is 2.30. The SMILES string of the molecule is COc1ccc(N2CC(CSC(C)=O)CC2=O)cc1C(=O)O. The zero-order valence-electron chi connectivity index (χ0n) is 12.4. The Kier molecular flexibility index (Phi) is 5.07. The van der Waals surface area contributed by atoms with Crippen LogP contribution in [0, 0.1) is 5.92 Å². The Balaban J connectivity index is 2.18. The van der Waals surface area contributed by atoms with E-state index in [0.717, 1.165) is 0 Å². The molecule has 0 radical (unpaired) electrons. The summed E-state index contributed by atoms with van der Waals surface area (Å²) in [7, 11) is 1.40. The first-order valence-corrected chi connectivity index (χ1v) is 7.76. The van der Waals surface area contributed by atoms with E-state index < -0.39 is 5.97 Å². The molecule has 1 fully saturated rings. The summed E-state index contributed by atoms with van der Waals surface area (Å²) in [5.41, 5.74) is 0.563. The van der Waals surface area contributed by atoms with E-state index in [1.165, 1.54) is 31.9 Å². The number of ether oxygens (including phenoxy) is 1. The Hall–Kier alpha value is -2.02. The fourth-order valence-electron chi connectivity index (χ4n) is 2.41. The summed E-state index contributed by atoms with van der Waals surface area (Å²) >= 11 is 1.21. The van der Waals surface area contributed by atoms with Gasteiger partial charge in [0, 0.05) is 31.3 Å². The van der Waals surface area contributed by atoms with E-state index in [4.69, 9.17) is 4.74 Å². The maximum absolute atomic E-state index is 12.1. The summed E-state index contributed by atoms with van der Waals surface area (Å²) in [6.45, 7) is 1.99. The summed E-state index contributed by atoms with van der Waals surface area (Å²) in [6.07, 6.45) is 0.370. The molecule has 0 bridgehead atoms. The number of aromatic carboxylic acids is 1. The highest BCUT2D eigenvalue weighted by Gasteiger charge is 2.31. The maximum atomic E-state index is 12.1. The van der Waals surface area contributed by atoms with Gasteiger partial charge in [-0.1, -0.05) is 11.8 Å². The van der Waals surface area contributed by atoms with Crippen molar-refractivity contribution in [1.29, 1.82) is 0 Å². The number of thioether (sulfide) groups is 1. The molecule has 1 saturated heterocycles. The van der Waals surface area contributed by atoms with Crippen molar-refractivity contribution in [2.45, 2.75) is 13.3 Å². The molecule has 22 heavy (non-hydrogen) atoms. The largest absolute Gasteiger partial charge is 0.496 e. The second-order valence-electron chi connectivity index (χ2n) is 5.07. The number of hydrogen-bond acceptors (Lipinski definition) is 5. The lowest BCUT2D eigenvalue weighted by Crippen LogP contribution is -2.25. The van der Waals surface area contributed by atoms with Gasteiger partial charge in [0.15, 0.2) is 5.12 Å². The summed E-state index contributed by atoms with van der Waals surface area (Å²) in [5, 5.41) is 9.23. The van der Waals surface area contributed by atoms with Crippen molar-refractivity contribution in [2.24, 2.45) is 5.92 Å². The number of carbonyl (C=O) groups excluding carboxylic acids is 2. The smallest absolute Gasteiger partial charge is 0.339 e. The first-order valence-electron chi connectivity index (χ1n) is 6.77. The third kappa shape index (κ3) is 3.59. The van der Waals surface area contributed by atoms with Crippen molar-refractivity contribution in [2.75, 3.05) is 24.3 Å². The molecule has 0 spiro atoms. The summed E-state index contributed by atoms with van der Waals surface area (Å²) in [6, 6.07) is 4.66. The van der Waals surface area contributed by atoms with E-state index in [9.17, 15) is 19.5 Å². The molecule has 2 rings (SSSR count). The Bertz CT molecular complexity index is 616. The molecule has 0 aromatic heterocycles. The van der Waals surface area contributed by atoms with E-state index in [0.29, 0.717) is 24.4 Å². The lowest BCUT2D eigenvalue weighted by Gasteiger charge is -2.18. The number of carbonyl (C=O) groups is 3. The number of hydrogen-bond donors (Lipinski definition) is 1. The van der Waals surface area contributed by atoms with E-state index in [2.05, 4.69) is 0 Å². The van der Waals surface area contributed by atoms with Gasteiger partial charge in [0.1, 0.15) is 11.3 Å². The van der Waals surface area contributed by atoms with Gasteiger partial charge in [0.2, 0.25) is 5.91 Å². The van der Waals surface area contributed by atoms with Crippen molar-refractivity contribution in [3.63, 3.8) is 0 Å². The molecule has 1 aromatic carbocycles. The van der Waals surface area contributed by atoms with Gasteiger partial charge >= 0.3 is 5.97 Å². The lowest BCUT2D eigenvalue weighted by atomic mass is 10.1. The van der Waals surface area contributed by atoms with E-state index in [1.54, 1.807) is 17.0 Å². The monoisotopic (exact) mass is 323 g/mol. The molecule has 1 aliphatic heterocycles. The lowest BCUT2D eigenvalue weighted by molar-refractivity contribution is -0.117. The van der Waals surface area contributed by atoms with Gasteiger partial charge in [-0.05, 0) is 24.1 Å². The van der Waals surface area contributed by atoms with Crippen LogP contribution in [0.1, 0.15) is 23.7 Å². The van der Waals surface area contributed by atoms with Crippen LogP contribution in [0.2, 0.25) is 0 Å². The third-order valence-corrected chi connectivity index (χ3v) is 4.50. The Morgan fingerprint density at radius 1 is 1.45 bits per heavy atom. The molecule has 118 valence electrons. The maximum Gasteiger partial charge on any atom is 0.339 e. The molecule has 0 saturated carbocycles. The van der Waals surface area contributed by atoms with Crippen molar-refractivity contribution in [1.82, 2.24) is 0 Å². The number of rotatable bonds is 5. The average molecular weight is 323 g/mol. The molecule has 6 nitrogen and oxygen atoms in total. The van der Waals surface area contributed by atoms with Gasteiger partial charge in [-0.25, -0.2) is 4.79 Å². The molecule has 0 aliphatic carbocycles. The standard InChI is InChI=1S/C15H17NO5S/c1-9(17)22-8-10-5-14(18)16(7-10)11-3-4-13(21-2)12(6-11)15(19)20/h3-4,6,10H,5,7-8H2,1-2H3,(H,19,20). The van der Waals surface area contributed by atoms with Crippen LogP contribution in [-0.4, -0.2) is 41.5 Å². The molecule has 1 aliphatic rings. The molecule has 1 atom stereocenters. The second kappa shape index (κ2) is 6.83. The van der Waals surface area contributed by atoms with Gasteiger partial charge in [0.05, 0.1) is 7.11 Å². The minimum Gasteiger partial charge on any atom is -0.496 e. The summed E-state index contributed by atoms with van der Waals surface area (Å²) in [5.74, 6) is -0.215. The Morgan fingerprint density at radius 3 is 2.77 bits per heavy atom. The molecule has 1 N–H and O–H groups in total. The fourth-order valence-corrected chi connectivity index (χ4v) is 3.10. The number of nitrogens with zero attached hydrogens (tertiary/aromatic N) is 1. The number of carboxylic acid groups (broad SMARTS) is 1. The zero-order valence-corrected chi connectivity index (χ0v) is 13.2. The average Bonchev–Trinajstić information content (AvgIpc) is 2.85. The number of anilines is 1. The Labute approximate surface area is 132 Å². The number of benzene rings is 1. The van der Waals surface area contributed by atoms with Gasteiger partial charge in [-0.3, -0.25) is 9.59 Å². The van der Waals surface area contributed by atoms with Crippen molar-refractivity contribution < 1.29 is 24.2 Å². The third-order valence-electron chi connectivity index (χ3n) is 3.45. The molecule has 7 heteroatoms. The quantitative estimate of drug-likeness (QED) is 0.892. The molecule has 1 heterocycles. The number of carboxylic acids is 1. The second-order valence-corrected chi connectivity index (χ2v) is 6.26. The van der Waals surface area contributed by atoms with Crippen LogP contribution in [0.5, 0.6) is 5.75 Å². The first kappa shape index (κ1) is 16.4. The van der Waals surface area contributed by atoms with Crippen molar-refractivity contribution >= 4 is 34.4 Å². The molecular weight excluding hydrogens is 306 g/mol. The first-order chi connectivity index (χ1) is 10.4. The van der Waals surface area contributed by atoms with Gasteiger partial charge < -0.3 is 14.7 Å². The van der Waals surface area contributed by atoms with Crippen LogP contribution in [0.4, 0.5) is 5.69 Å².